The number of hydrogen-bond acceptors (Lipinski definition) is 4. The predicted octanol–water partition coefficient (Wildman–Crippen LogP) is 1.03. The van der Waals surface area contributed by atoms with Gasteiger partial charge < -0.3 is 10.0 Å². The van der Waals surface area contributed by atoms with E-state index in [1.807, 2.05) is 0 Å². The number of halogens is 1. The highest BCUT2D eigenvalue weighted by Crippen LogP contribution is 2.20. The van der Waals surface area contributed by atoms with Gasteiger partial charge in [0.1, 0.15) is 10.7 Å². The van der Waals surface area contributed by atoms with Crippen molar-refractivity contribution in [2.75, 3.05) is 33.2 Å². The number of likely N-dealkylation sites (tertiary alicyclic amines) is 1. The molecule has 0 saturated carbocycles. The van der Waals surface area contributed by atoms with E-state index in [-0.39, 0.29) is 11.5 Å². The number of benzene rings is 1. The third kappa shape index (κ3) is 3.79. The Morgan fingerprint density at radius 3 is 2.62 bits per heavy atom. The van der Waals surface area contributed by atoms with Crippen molar-refractivity contribution in [1.29, 1.82) is 0 Å². The van der Waals surface area contributed by atoms with Crippen LogP contribution >= 0.6 is 0 Å². The predicted molar refractivity (Wildman–Crippen MR) is 77.8 cm³/mol. The maximum absolute atomic E-state index is 13.8. The molecule has 0 spiro atoms. The third-order valence-corrected chi connectivity index (χ3v) is 5.67. The number of hydrogen-bond donors (Lipinski definition) is 1. The molecule has 0 atom stereocenters. The molecule has 0 aliphatic carbocycles. The zero-order chi connectivity index (χ0) is 15.5. The molecule has 0 aromatic heterocycles. The quantitative estimate of drug-likeness (QED) is 0.852. The van der Waals surface area contributed by atoms with Crippen molar-refractivity contribution in [2.45, 2.75) is 24.3 Å². The Morgan fingerprint density at radius 2 is 2.00 bits per heavy atom. The lowest BCUT2D eigenvalue weighted by Crippen LogP contribution is -2.35. The van der Waals surface area contributed by atoms with Crippen molar-refractivity contribution in [2.24, 2.45) is 0 Å². The number of aliphatic hydroxyl groups excluding tert-OH is 1. The Kier molecular flexibility index (Phi) is 5.32. The highest BCUT2D eigenvalue weighted by atomic mass is 32.2. The molecular formula is C14H21FN2O3S. The summed E-state index contributed by atoms with van der Waals surface area (Å²) in [5.41, 5.74) is 0.378. The first-order chi connectivity index (χ1) is 9.95. The van der Waals surface area contributed by atoms with Gasteiger partial charge in [0, 0.05) is 20.1 Å². The first-order valence-corrected chi connectivity index (χ1v) is 8.47. The smallest absolute Gasteiger partial charge is 0.245 e. The lowest BCUT2D eigenvalue weighted by Gasteiger charge is -2.21. The fourth-order valence-corrected chi connectivity index (χ4v) is 3.69. The van der Waals surface area contributed by atoms with Gasteiger partial charge in [-0.3, -0.25) is 0 Å². The molecular weight excluding hydrogens is 295 g/mol. The summed E-state index contributed by atoms with van der Waals surface area (Å²) in [6.07, 6.45) is 2.28. The average Bonchev–Trinajstić information content (AvgIpc) is 2.98. The van der Waals surface area contributed by atoms with Crippen LogP contribution in [0, 0.1) is 5.82 Å². The molecule has 0 unspecified atom stereocenters. The van der Waals surface area contributed by atoms with Crippen molar-refractivity contribution < 1.29 is 17.9 Å². The summed E-state index contributed by atoms with van der Waals surface area (Å²) >= 11 is 0. The minimum atomic E-state index is -3.87. The van der Waals surface area contributed by atoms with E-state index in [0.29, 0.717) is 18.7 Å². The van der Waals surface area contributed by atoms with E-state index >= 15 is 0 Å². The van der Waals surface area contributed by atoms with Gasteiger partial charge >= 0.3 is 0 Å². The summed E-state index contributed by atoms with van der Waals surface area (Å²) < 4.78 is 39.8. The Hall–Kier alpha value is -1.02. The Labute approximate surface area is 125 Å². The molecule has 1 saturated heterocycles. The molecule has 0 amide bonds. The van der Waals surface area contributed by atoms with E-state index in [9.17, 15) is 12.8 Å². The molecule has 1 fully saturated rings. The van der Waals surface area contributed by atoms with Gasteiger partial charge in [0.05, 0.1) is 6.61 Å². The molecule has 0 radical (unpaired) electrons. The van der Waals surface area contributed by atoms with Crippen molar-refractivity contribution in [3.63, 3.8) is 0 Å². The summed E-state index contributed by atoms with van der Waals surface area (Å²) in [7, 11) is -2.42. The lowest BCUT2D eigenvalue weighted by atomic mass is 10.2. The van der Waals surface area contributed by atoms with Crippen LogP contribution in [-0.4, -0.2) is 56.0 Å². The number of aliphatic hydroxyl groups is 1. The Morgan fingerprint density at radius 1 is 1.33 bits per heavy atom. The average molecular weight is 316 g/mol. The molecule has 1 aromatic rings. The van der Waals surface area contributed by atoms with Gasteiger partial charge in [-0.15, -0.1) is 0 Å². The van der Waals surface area contributed by atoms with Gasteiger partial charge in [-0.1, -0.05) is 6.07 Å². The minimum absolute atomic E-state index is 0.319. The minimum Gasteiger partial charge on any atom is -0.392 e. The molecule has 7 heteroatoms. The Bertz CT molecular complexity index is 586. The molecule has 2 rings (SSSR count). The molecule has 1 aliphatic rings. The maximum atomic E-state index is 13.8. The molecule has 5 nitrogen and oxygen atoms in total. The molecule has 0 bridgehead atoms. The molecule has 21 heavy (non-hydrogen) atoms. The third-order valence-electron chi connectivity index (χ3n) is 3.80. The van der Waals surface area contributed by atoms with Crippen LogP contribution in [0.3, 0.4) is 0 Å². The zero-order valence-electron chi connectivity index (χ0n) is 12.1. The van der Waals surface area contributed by atoms with Gasteiger partial charge in [-0.25, -0.2) is 12.8 Å². The zero-order valence-corrected chi connectivity index (χ0v) is 12.9. The van der Waals surface area contributed by atoms with Crippen LogP contribution in [0.5, 0.6) is 0 Å². The number of likely N-dealkylation sites (N-methyl/N-ethyl adjacent to an activating group) is 1. The summed E-state index contributed by atoms with van der Waals surface area (Å²) in [5, 5.41) is 9.07. The van der Waals surface area contributed by atoms with Crippen molar-refractivity contribution >= 4 is 10.0 Å². The molecule has 1 heterocycles. The highest BCUT2D eigenvalue weighted by molar-refractivity contribution is 7.89. The normalized spacial score (nSPS) is 16.8. The summed E-state index contributed by atoms with van der Waals surface area (Å²) in [4.78, 5) is 1.82. The number of nitrogens with zero attached hydrogens (tertiary/aromatic N) is 2. The van der Waals surface area contributed by atoms with Crippen LogP contribution in [0.15, 0.2) is 23.1 Å². The van der Waals surface area contributed by atoms with E-state index < -0.39 is 15.8 Å². The highest BCUT2D eigenvalue weighted by Gasteiger charge is 2.25. The van der Waals surface area contributed by atoms with E-state index in [1.54, 1.807) is 0 Å². The molecule has 1 aromatic carbocycles. The molecule has 118 valence electrons. The van der Waals surface area contributed by atoms with E-state index in [2.05, 4.69) is 4.90 Å². The van der Waals surface area contributed by atoms with E-state index in [0.717, 1.165) is 32.0 Å². The summed E-state index contributed by atoms with van der Waals surface area (Å²) in [5.74, 6) is -0.791. The van der Waals surface area contributed by atoms with Gasteiger partial charge in [-0.05, 0) is 43.6 Å². The van der Waals surface area contributed by atoms with E-state index in [4.69, 9.17) is 5.11 Å². The fourth-order valence-electron chi connectivity index (χ4n) is 2.42. The second-order valence-electron chi connectivity index (χ2n) is 5.30. The van der Waals surface area contributed by atoms with Crippen LogP contribution in [0.25, 0.3) is 0 Å². The van der Waals surface area contributed by atoms with Crippen LogP contribution in [0.1, 0.15) is 18.4 Å². The Balaban J connectivity index is 2.12. The second kappa shape index (κ2) is 6.83. The van der Waals surface area contributed by atoms with Gasteiger partial charge in [-0.2, -0.15) is 4.31 Å². The standard InChI is InChI=1S/C14H21FN2O3S/c1-16(8-9-17-6-2-3-7-17)21(19,20)14-10-12(11-18)4-5-13(14)15/h4-5,10,18H,2-3,6-9,11H2,1H3. The van der Waals surface area contributed by atoms with E-state index in [1.165, 1.54) is 23.5 Å². The van der Waals surface area contributed by atoms with Crippen LogP contribution in [-0.2, 0) is 16.6 Å². The largest absolute Gasteiger partial charge is 0.392 e. The molecule has 1 aliphatic heterocycles. The van der Waals surface area contributed by atoms with Gasteiger partial charge in [0.15, 0.2) is 0 Å². The number of rotatable bonds is 6. The van der Waals surface area contributed by atoms with Crippen molar-refractivity contribution in [3.05, 3.63) is 29.6 Å². The van der Waals surface area contributed by atoms with Gasteiger partial charge in [0.2, 0.25) is 10.0 Å². The van der Waals surface area contributed by atoms with Gasteiger partial charge in [0.25, 0.3) is 0 Å². The second-order valence-corrected chi connectivity index (χ2v) is 7.31. The maximum Gasteiger partial charge on any atom is 0.245 e. The van der Waals surface area contributed by atoms with Crippen LogP contribution in [0.4, 0.5) is 4.39 Å². The first-order valence-electron chi connectivity index (χ1n) is 7.03. The lowest BCUT2D eigenvalue weighted by molar-refractivity contribution is 0.281. The fraction of sp³-hybridized carbons (Fsp3) is 0.571. The monoisotopic (exact) mass is 316 g/mol. The SMILES string of the molecule is CN(CCN1CCCC1)S(=O)(=O)c1cc(CO)ccc1F. The van der Waals surface area contributed by atoms with Crippen molar-refractivity contribution in [1.82, 2.24) is 9.21 Å². The molecule has 1 N–H and O–H groups in total. The number of sulfonamides is 1. The van der Waals surface area contributed by atoms with Crippen LogP contribution in [0.2, 0.25) is 0 Å². The van der Waals surface area contributed by atoms with Crippen LogP contribution < -0.4 is 0 Å². The van der Waals surface area contributed by atoms with Crippen molar-refractivity contribution in [3.8, 4) is 0 Å². The summed E-state index contributed by atoms with van der Waals surface area (Å²) in [6.45, 7) is 2.63. The summed E-state index contributed by atoms with van der Waals surface area (Å²) in [6, 6.07) is 3.64. The first kappa shape index (κ1) is 16.4. The topological polar surface area (TPSA) is 60.9 Å².